The lowest BCUT2D eigenvalue weighted by Crippen LogP contribution is -2.55. The first kappa shape index (κ1) is 18.4. The molecule has 1 atom stereocenters. The van der Waals surface area contributed by atoms with Crippen molar-refractivity contribution in [1.29, 1.82) is 0 Å². The molecule has 0 aliphatic carbocycles. The molecule has 1 saturated heterocycles. The molecule has 0 unspecified atom stereocenters. The van der Waals surface area contributed by atoms with E-state index in [1.165, 1.54) is 0 Å². The Morgan fingerprint density at radius 1 is 1.38 bits per heavy atom. The second kappa shape index (κ2) is 7.45. The van der Waals surface area contributed by atoms with E-state index < -0.39 is 5.60 Å². The van der Waals surface area contributed by atoms with Gasteiger partial charge in [-0.2, -0.15) is 5.10 Å². The molecular weight excluding hydrogens is 330 g/mol. The second-order valence-electron chi connectivity index (χ2n) is 7.27. The number of aromatic nitrogens is 3. The number of likely N-dealkylation sites (N-methyl/N-ethyl adjacent to an activating group) is 1. The molecule has 0 saturated carbocycles. The average molecular weight is 357 g/mol. The van der Waals surface area contributed by atoms with Crippen LogP contribution in [-0.2, 0) is 11.3 Å². The zero-order chi connectivity index (χ0) is 18.7. The van der Waals surface area contributed by atoms with Gasteiger partial charge in [0.05, 0.1) is 17.8 Å². The van der Waals surface area contributed by atoms with Gasteiger partial charge in [0.15, 0.2) is 0 Å². The Kier molecular flexibility index (Phi) is 5.27. The number of β-amino-alcohol motifs (C(OH)–C–C–N with tert-alkyl or cyclic N) is 1. The molecule has 2 aromatic rings. The molecule has 3 heterocycles. The summed E-state index contributed by atoms with van der Waals surface area (Å²) in [5.74, 6) is 0.807. The highest BCUT2D eigenvalue weighted by molar-refractivity contribution is 5.75. The third-order valence-electron chi connectivity index (χ3n) is 4.87. The molecule has 0 radical (unpaired) electrons. The summed E-state index contributed by atoms with van der Waals surface area (Å²) in [6.07, 6.45) is 3.30. The minimum absolute atomic E-state index is 0.0559. The Morgan fingerprint density at radius 3 is 2.85 bits per heavy atom. The molecule has 1 N–H and O–H groups in total. The number of anilines is 1. The number of hydrogen-bond donors (Lipinski definition) is 1. The third-order valence-corrected chi connectivity index (χ3v) is 4.87. The van der Waals surface area contributed by atoms with Gasteiger partial charge in [0.25, 0.3) is 0 Å². The van der Waals surface area contributed by atoms with Crippen LogP contribution in [0.2, 0.25) is 0 Å². The Hall–Kier alpha value is -2.41. The van der Waals surface area contributed by atoms with Gasteiger partial charge in [0.1, 0.15) is 12.4 Å². The lowest BCUT2D eigenvalue weighted by atomic mass is 9.92. The highest BCUT2D eigenvalue weighted by Gasteiger charge is 2.35. The fraction of sp³-hybridized carbons (Fsp3) is 0.526. The number of hydrogen-bond acceptors (Lipinski definition) is 5. The monoisotopic (exact) mass is 357 g/mol. The maximum Gasteiger partial charge on any atom is 0.244 e. The van der Waals surface area contributed by atoms with E-state index in [-0.39, 0.29) is 12.5 Å². The van der Waals surface area contributed by atoms with Crippen LogP contribution in [0.1, 0.15) is 24.2 Å². The van der Waals surface area contributed by atoms with Gasteiger partial charge in [0, 0.05) is 32.0 Å². The molecule has 1 amide bonds. The van der Waals surface area contributed by atoms with Crippen LogP contribution in [0.4, 0.5) is 5.82 Å². The highest BCUT2D eigenvalue weighted by Crippen LogP contribution is 2.25. The van der Waals surface area contributed by atoms with Crippen LogP contribution in [-0.4, -0.2) is 63.0 Å². The summed E-state index contributed by atoms with van der Waals surface area (Å²) in [6.45, 7) is 5.68. The Bertz CT molecular complexity index is 761. The Labute approximate surface area is 154 Å². The van der Waals surface area contributed by atoms with Crippen LogP contribution in [0.3, 0.4) is 0 Å². The van der Waals surface area contributed by atoms with E-state index >= 15 is 0 Å². The molecule has 3 rings (SSSR count). The molecule has 1 aliphatic heterocycles. The van der Waals surface area contributed by atoms with Gasteiger partial charge in [-0.3, -0.25) is 9.48 Å². The van der Waals surface area contributed by atoms with E-state index in [9.17, 15) is 9.90 Å². The van der Waals surface area contributed by atoms with Crippen LogP contribution >= 0.6 is 0 Å². The molecule has 0 bridgehead atoms. The number of piperidine rings is 1. The van der Waals surface area contributed by atoms with Crippen molar-refractivity contribution >= 4 is 11.7 Å². The lowest BCUT2D eigenvalue weighted by molar-refractivity contribution is -0.134. The molecule has 7 nitrogen and oxygen atoms in total. The number of pyridine rings is 1. The normalized spacial score (nSPS) is 20.2. The van der Waals surface area contributed by atoms with Crippen molar-refractivity contribution in [2.45, 2.75) is 38.8 Å². The summed E-state index contributed by atoms with van der Waals surface area (Å²) in [7, 11) is 1.74. The van der Waals surface area contributed by atoms with E-state index in [1.807, 2.05) is 38.1 Å². The molecule has 1 aliphatic rings. The average Bonchev–Trinajstić information content (AvgIpc) is 2.92. The molecule has 7 heteroatoms. The van der Waals surface area contributed by atoms with Crippen molar-refractivity contribution in [1.82, 2.24) is 19.7 Å². The van der Waals surface area contributed by atoms with Crippen LogP contribution < -0.4 is 4.90 Å². The van der Waals surface area contributed by atoms with Crippen molar-refractivity contribution < 1.29 is 9.90 Å². The summed E-state index contributed by atoms with van der Waals surface area (Å²) in [4.78, 5) is 20.6. The first-order chi connectivity index (χ1) is 12.4. The van der Waals surface area contributed by atoms with Gasteiger partial charge in [0.2, 0.25) is 5.91 Å². The summed E-state index contributed by atoms with van der Waals surface area (Å²) < 4.78 is 1.71. The van der Waals surface area contributed by atoms with E-state index in [2.05, 4.69) is 15.0 Å². The number of nitrogens with zero attached hydrogens (tertiary/aromatic N) is 5. The van der Waals surface area contributed by atoms with Gasteiger partial charge in [-0.15, -0.1) is 0 Å². The number of rotatable bonds is 5. The van der Waals surface area contributed by atoms with Crippen molar-refractivity contribution in [2.24, 2.45) is 0 Å². The van der Waals surface area contributed by atoms with Crippen molar-refractivity contribution in [3.8, 4) is 0 Å². The highest BCUT2D eigenvalue weighted by atomic mass is 16.3. The number of carbonyl (C=O) groups is 1. The smallest absolute Gasteiger partial charge is 0.244 e. The van der Waals surface area contributed by atoms with Crippen LogP contribution in [0, 0.1) is 13.8 Å². The van der Waals surface area contributed by atoms with Crippen LogP contribution in [0.15, 0.2) is 30.5 Å². The van der Waals surface area contributed by atoms with Crippen LogP contribution in [0.25, 0.3) is 0 Å². The van der Waals surface area contributed by atoms with Crippen molar-refractivity contribution in [2.75, 3.05) is 31.6 Å². The fourth-order valence-electron chi connectivity index (χ4n) is 3.59. The Balaban J connectivity index is 1.62. The van der Waals surface area contributed by atoms with Gasteiger partial charge >= 0.3 is 0 Å². The minimum Gasteiger partial charge on any atom is -0.386 e. The van der Waals surface area contributed by atoms with E-state index in [0.717, 1.165) is 30.2 Å². The standard InChI is InChI=1S/C19H27N5O2/c1-15-11-16(2)24(21-15)12-18(25)22(3)13-19(26)8-6-10-23(14-19)17-7-4-5-9-20-17/h4-5,7,9,11,26H,6,8,10,12-14H2,1-3H3/t19-/m0/s1. The maximum absolute atomic E-state index is 12.6. The second-order valence-corrected chi connectivity index (χ2v) is 7.27. The predicted molar refractivity (Wildman–Crippen MR) is 100.0 cm³/mol. The topological polar surface area (TPSA) is 74.5 Å². The Morgan fingerprint density at radius 2 is 2.19 bits per heavy atom. The van der Waals surface area contributed by atoms with Crippen LogP contribution in [0.5, 0.6) is 0 Å². The minimum atomic E-state index is -0.935. The molecule has 26 heavy (non-hydrogen) atoms. The molecule has 0 spiro atoms. The number of carbonyl (C=O) groups excluding carboxylic acids is 1. The summed E-state index contributed by atoms with van der Waals surface area (Å²) in [5, 5.41) is 15.4. The summed E-state index contributed by atoms with van der Waals surface area (Å²) in [5.41, 5.74) is 0.923. The molecule has 2 aromatic heterocycles. The number of aliphatic hydroxyl groups is 1. The van der Waals surface area contributed by atoms with Gasteiger partial charge in [-0.1, -0.05) is 6.07 Å². The zero-order valence-electron chi connectivity index (χ0n) is 15.7. The number of aryl methyl sites for hydroxylation is 2. The quantitative estimate of drug-likeness (QED) is 0.875. The largest absolute Gasteiger partial charge is 0.386 e. The summed E-state index contributed by atoms with van der Waals surface area (Å²) >= 11 is 0. The third kappa shape index (κ3) is 4.22. The fourth-order valence-corrected chi connectivity index (χ4v) is 3.59. The van der Waals surface area contributed by atoms with E-state index in [4.69, 9.17) is 0 Å². The zero-order valence-corrected chi connectivity index (χ0v) is 15.7. The molecule has 140 valence electrons. The SMILES string of the molecule is Cc1cc(C)n(CC(=O)N(C)C[C@@]2(O)CCCN(c3ccccn3)C2)n1. The molecule has 1 fully saturated rings. The van der Waals surface area contributed by atoms with E-state index in [0.29, 0.717) is 19.5 Å². The molecule has 0 aromatic carbocycles. The maximum atomic E-state index is 12.6. The van der Waals surface area contributed by atoms with Crippen molar-refractivity contribution in [3.63, 3.8) is 0 Å². The first-order valence-electron chi connectivity index (χ1n) is 9.00. The van der Waals surface area contributed by atoms with Gasteiger partial charge in [-0.05, 0) is 44.9 Å². The summed E-state index contributed by atoms with van der Waals surface area (Å²) in [6, 6.07) is 7.72. The predicted octanol–water partition coefficient (Wildman–Crippen LogP) is 1.38. The van der Waals surface area contributed by atoms with Crippen molar-refractivity contribution in [3.05, 3.63) is 41.9 Å². The first-order valence-corrected chi connectivity index (χ1v) is 9.00. The number of amides is 1. The lowest BCUT2D eigenvalue weighted by Gasteiger charge is -2.41. The van der Waals surface area contributed by atoms with E-state index in [1.54, 1.807) is 22.8 Å². The molecular formula is C19H27N5O2. The van der Waals surface area contributed by atoms with Gasteiger partial charge in [-0.25, -0.2) is 4.98 Å². The van der Waals surface area contributed by atoms with Gasteiger partial charge < -0.3 is 14.9 Å².